The lowest BCUT2D eigenvalue weighted by Crippen LogP contribution is -2.16. The van der Waals surface area contributed by atoms with Crippen molar-refractivity contribution >= 4 is 43.4 Å². The van der Waals surface area contributed by atoms with E-state index in [4.69, 9.17) is 6.42 Å². The molecule has 1 saturated carbocycles. The van der Waals surface area contributed by atoms with Crippen LogP contribution in [0.25, 0.3) is 10.2 Å². The van der Waals surface area contributed by atoms with E-state index in [2.05, 4.69) is 26.8 Å². The molecule has 96 valence electrons. The van der Waals surface area contributed by atoms with E-state index in [1.165, 1.54) is 11.3 Å². The maximum atomic E-state index is 11.8. The maximum Gasteiger partial charge on any atom is 0.251 e. The minimum atomic E-state index is -0.0172. The van der Waals surface area contributed by atoms with Crippen molar-refractivity contribution in [2.45, 2.75) is 19.4 Å². The first-order chi connectivity index (χ1) is 9.19. The van der Waals surface area contributed by atoms with Crippen molar-refractivity contribution < 1.29 is 4.79 Å². The highest BCUT2D eigenvalue weighted by molar-refractivity contribution is 9.10. The third kappa shape index (κ3) is 2.51. The second kappa shape index (κ2) is 4.95. The molecule has 1 aliphatic carbocycles. The second-order valence-corrected chi connectivity index (χ2v) is 6.44. The molecule has 0 bridgehead atoms. The van der Waals surface area contributed by atoms with Gasteiger partial charge < -0.3 is 4.57 Å². The van der Waals surface area contributed by atoms with E-state index < -0.39 is 0 Å². The van der Waals surface area contributed by atoms with Gasteiger partial charge in [0.15, 0.2) is 4.80 Å². The molecule has 0 atom stereocenters. The van der Waals surface area contributed by atoms with E-state index >= 15 is 0 Å². The highest BCUT2D eigenvalue weighted by Gasteiger charge is 2.29. The van der Waals surface area contributed by atoms with Gasteiger partial charge >= 0.3 is 0 Å². The molecule has 1 aromatic carbocycles. The molecule has 0 unspecified atom stereocenters. The number of carbonyl (C=O) groups excluding carboxylic acids is 1. The van der Waals surface area contributed by atoms with E-state index in [-0.39, 0.29) is 11.8 Å². The third-order valence-electron chi connectivity index (χ3n) is 3.03. The van der Waals surface area contributed by atoms with E-state index in [0.717, 1.165) is 27.5 Å². The smallest absolute Gasteiger partial charge is 0.251 e. The zero-order valence-electron chi connectivity index (χ0n) is 10.1. The van der Waals surface area contributed by atoms with Gasteiger partial charge in [-0.2, -0.15) is 4.99 Å². The van der Waals surface area contributed by atoms with Crippen LogP contribution in [0.5, 0.6) is 0 Å². The van der Waals surface area contributed by atoms with Gasteiger partial charge in [0.2, 0.25) is 0 Å². The standard InChI is InChI=1S/C14H11BrN2OS/c1-2-7-17-11-6-5-10(15)8-12(11)19-14(17)16-13(18)9-3-4-9/h1,5-6,8-9H,3-4,7H2. The summed E-state index contributed by atoms with van der Waals surface area (Å²) in [6.45, 7) is 0.429. The number of amides is 1. The normalized spacial score (nSPS) is 15.7. The lowest BCUT2D eigenvalue weighted by molar-refractivity contribution is -0.119. The number of fused-ring (bicyclic) bond motifs is 1. The number of halogens is 1. The Morgan fingerprint density at radius 3 is 3.05 bits per heavy atom. The number of thiazole rings is 1. The summed E-state index contributed by atoms with van der Waals surface area (Å²) in [5.74, 6) is 2.74. The molecule has 3 rings (SSSR count). The fourth-order valence-electron chi connectivity index (χ4n) is 1.89. The van der Waals surface area contributed by atoms with Crippen LogP contribution in [0, 0.1) is 18.3 Å². The van der Waals surface area contributed by atoms with Gasteiger partial charge in [-0.3, -0.25) is 4.79 Å². The molecule has 3 nitrogen and oxygen atoms in total. The molecule has 2 aromatic rings. The Bertz CT molecular complexity index is 762. The van der Waals surface area contributed by atoms with Gasteiger partial charge in [-0.1, -0.05) is 33.2 Å². The first kappa shape index (κ1) is 12.6. The minimum Gasteiger partial charge on any atom is -0.305 e. The molecule has 0 aliphatic heterocycles. The Labute approximate surface area is 123 Å². The predicted molar refractivity (Wildman–Crippen MR) is 79.6 cm³/mol. The Morgan fingerprint density at radius 2 is 2.37 bits per heavy atom. The fraction of sp³-hybridized carbons (Fsp3) is 0.286. The molecule has 5 heteroatoms. The summed E-state index contributed by atoms with van der Waals surface area (Å²) < 4.78 is 4.01. The number of hydrogen-bond donors (Lipinski definition) is 0. The summed E-state index contributed by atoms with van der Waals surface area (Å²) in [4.78, 5) is 16.8. The average molecular weight is 335 g/mol. The highest BCUT2D eigenvalue weighted by atomic mass is 79.9. The molecular weight excluding hydrogens is 324 g/mol. The van der Waals surface area contributed by atoms with E-state index in [0.29, 0.717) is 11.3 Å². The average Bonchev–Trinajstić information content (AvgIpc) is 3.16. The van der Waals surface area contributed by atoms with Crippen LogP contribution < -0.4 is 4.80 Å². The Morgan fingerprint density at radius 1 is 1.58 bits per heavy atom. The third-order valence-corrected chi connectivity index (χ3v) is 4.56. The van der Waals surface area contributed by atoms with Crippen molar-refractivity contribution in [1.29, 1.82) is 0 Å². The first-order valence-electron chi connectivity index (χ1n) is 6.00. The summed E-state index contributed by atoms with van der Waals surface area (Å²) in [5.41, 5.74) is 1.02. The van der Waals surface area contributed by atoms with Gasteiger partial charge in [-0.15, -0.1) is 6.42 Å². The summed E-state index contributed by atoms with van der Waals surface area (Å²) in [6, 6.07) is 5.98. The van der Waals surface area contributed by atoms with Crippen molar-refractivity contribution in [3.05, 3.63) is 27.5 Å². The molecule has 1 aromatic heterocycles. The van der Waals surface area contributed by atoms with Crippen LogP contribution >= 0.6 is 27.3 Å². The lowest BCUT2D eigenvalue weighted by atomic mass is 10.3. The Hall–Kier alpha value is -1.38. The van der Waals surface area contributed by atoms with Gasteiger partial charge in [0.05, 0.1) is 16.8 Å². The predicted octanol–water partition coefficient (Wildman–Crippen LogP) is 2.94. The van der Waals surface area contributed by atoms with Crippen molar-refractivity contribution in [3.8, 4) is 12.3 Å². The Kier molecular flexibility index (Phi) is 3.29. The van der Waals surface area contributed by atoms with E-state index in [1.807, 2.05) is 22.8 Å². The molecule has 0 radical (unpaired) electrons. The highest BCUT2D eigenvalue weighted by Crippen LogP contribution is 2.30. The van der Waals surface area contributed by atoms with Crippen LogP contribution in [0.4, 0.5) is 0 Å². The molecule has 1 fully saturated rings. The van der Waals surface area contributed by atoms with Gasteiger partial charge in [-0.25, -0.2) is 0 Å². The molecule has 1 heterocycles. The van der Waals surface area contributed by atoms with Crippen LogP contribution in [0.3, 0.4) is 0 Å². The largest absolute Gasteiger partial charge is 0.305 e. The number of terminal acetylenes is 1. The number of hydrogen-bond acceptors (Lipinski definition) is 2. The summed E-state index contributed by atoms with van der Waals surface area (Å²) in [5, 5.41) is 0. The summed E-state index contributed by atoms with van der Waals surface area (Å²) >= 11 is 4.95. The van der Waals surface area contributed by atoms with E-state index in [9.17, 15) is 4.79 Å². The lowest BCUT2D eigenvalue weighted by Gasteiger charge is -1.99. The molecule has 1 aliphatic rings. The van der Waals surface area contributed by atoms with Gasteiger partial charge in [0.25, 0.3) is 5.91 Å². The zero-order valence-corrected chi connectivity index (χ0v) is 12.5. The summed E-state index contributed by atoms with van der Waals surface area (Å²) in [6.07, 6.45) is 7.34. The fourth-order valence-corrected chi connectivity index (χ4v) is 3.48. The number of rotatable bonds is 2. The van der Waals surface area contributed by atoms with Crippen LogP contribution in [0.15, 0.2) is 27.7 Å². The number of nitrogens with zero attached hydrogens (tertiary/aromatic N) is 2. The number of aromatic nitrogens is 1. The Balaban J connectivity index is 2.19. The van der Waals surface area contributed by atoms with Crippen molar-refractivity contribution in [2.75, 3.05) is 0 Å². The zero-order chi connectivity index (χ0) is 13.4. The molecule has 0 saturated heterocycles. The minimum absolute atomic E-state index is 0.0172. The number of benzene rings is 1. The van der Waals surface area contributed by atoms with Gasteiger partial charge in [0, 0.05) is 10.4 Å². The molecule has 1 amide bonds. The maximum absolute atomic E-state index is 11.8. The van der Waals surface area contributed by atoms with Crippen LogP contribution in [-0.2, 0) is 11.3 Å². The van der Waals surface area contributed by atoms with Crippen molar-refractivity contribution in [2.24, 2.45) is 10.9 Å². The monoisotopic (exact) mass is 334 g/mol. The van der Waals surface area contributed by atoms with Crippen molar-refractivity contribution in [3.63, 3.8) is 0 Å². The molecule has 0 N–H and O–H groups in total. The first-order valence-corrected chi connectivity index (χ1v) is 7.61. The second-order valence-electron chi connectivity index (χ2n) is 4.51. The van der Waals surface area contributed by atoms with Crippen molar-refractivity contribution in [1.82, 2.24) is 4.57 Å². The SMILES string of the molecule is C#CCn1c(=NC(=O)C2CC2)sc2cc(Br)ccc21. The topological polar surface area (TPSA) is 34.4 Å². The van der Waals surface area contributed by atoms with E-state index in [1.54, 1.807) is 0 Å². The number of carbonyl (C=O) groups is 1. The van der Waals surface area contributed by atoms with Crippen LogP contribution in [-0.4, -0.2) is 10.5 Å². The van der Waals surface area contributed by atoms with Crippen LogP contribution in [0.1, 0.15) is 12.8 Å². The van der Waals surface area contributed by atoms with Gasteiger partial charge in [0.1, 0.15) is 0 Å². The quantitative estimate of drug-likeness (QED) is 0.777. The molecule has 0 spiro atoms. The van der Waals surface area contributed by atoms with Crippen LogP contribution in [0.2, 0.25) is 0 Å². The molecular formula is C14H11BrN2OS. The summed E-state index contributed by atoms with van der Waals surface area (Å²) in [7, 11) is 0. The molecule has 19 heavy (non-hydrogen) atoms. The van der Waals surface area contributed by atoms with Gasteiger partial charge in [-0.05, 0) is 31.0 Å².